The summed E-state index contributed by atoms with van der Waals surface area (Å²) in [5.74, 6) is 3.23. The summed E-state index contributed by atoms with van der Waals surface area (Å²) < 4.78 is 22.3. The largest absolute Gasteiger partial charge is 0.507 e. The van der Waals surface area contributed by atoms with Gasteiger partial charge < -0.3 is 24.1 Å². The molecular formula is C26H31NO6. The molecule has 1 saturated heterocycles. The quantitative estimate of drug-likeness (QED) is 0.645. The van der Waals surface area contributed by atoms with Crippen LogP contribution in [0.1, 0.15) is 41.8 Å². The highest BCUT2D eigenvalue weighted by Gasteiger charge is 2.33. The number of phenolic OH excluding ortho intramolecular Hbond substituents is 1. The number of hydrogen-bond acceptors (Lipinski definition) is 7. The maximum atomic E-state index is 13.2. The molecule has 2 aliphatic heterocycles. The number of carbonyl (C=O) groups is 1. The van der Waals surface area contributed by atoms with Gasteiger partial charge in [0.05, 0.1) is 32.5 Å². The molecule has 2 heterocycles. The minimum atomic E-state index is -0.233. The Kier molecular flexibility index (Phi) is 6.51. The molecule has 4 rings (SSSR count). The predicted molar refractivity (Wildman–Crippen MR) is 125 cm³/mol. The number of nitrogens with zero attached hydrogens (tertiary/aromatic N) is 1. The first-order chi connectivity index (χ1) is 15.8. The van der Waals surface area contributed by atoms with Gasteiger partial charge in [-0.2, -0.15) is 0 Å². The van der Waals surface area contributed by atoms with Gasteiger partial charge in [-0.25, -0.2) is 0 Å². The van der Waals surface area contributed by atoms with Crippen LogP contribution in [0.4, 0.5) is 0 Å². The summed E-state index contributed by atoms with van der Waals surface area (Å²) in [6, 6.07) is 6.63. The summed E-state index contributed by atoms with van der Waals surface area (Å²) in [7, 11) is 4.64. The highest BCUT2D eigenvalue weighted by Crippen LogP contribution is 2.42. The summed E-state index contributed by atoms with van der Waals surface area (Å²) in [6.07, 6.45) is 2.83. The lowest BCUT2D eigenvalue weighted by atomic mass is 9.91. The number of ketones is 1. The number of ether oxygens (including phenoxy) is 4. The Morgan fingerprint density at radius 1 is 1.03 bits per heavy atom. The van der Waals surface area contributed by atoms with Gasteiger partial charge in [0.15, 0.2) is 17.3 Å². The SMILES string of the molecule is COc1cc(OC)c(OC)cc1/C=C1\Oc2c(ccc(O)c2CN2C[C@@H](C)C[C@H](C)C2)C1=O. The van der Waals surface area contributed by atoms with E-state index in [2.05, 4.69) is 18.7 Å². The van der Waals surface area contributed by atoms with Crippen LogP contribution in [0.5, 0.6) is 28.7 Å². The second kappa shape index (κ2) is 9.35. The zero-order chi connectivity index (χ0) is 23.7. The fourth-order valence-corrected chi connectivity index (χ4v) is 4.90. The number of allylic oxidation sites excluding steroid dienone is 1. The molecule has 0 bridgehead atoms. The fourth-order valence-electron chi connectivity index (χ4n) is 4.90. The third-order valence-electron chi connectivity index (χ3n) is 6.26. The molecule has 0 radical (unpaired) electrons. The van der Waals surface area contributed by atoms with Crippen molar-refractivity contribution in [1.29, 1.82) is 0 Å². The van der Waals surface area contributed by atoms with Crippen LogP contribution in [-0.4, -0.2) is 50.2 Å². The molecule has 2 aromatic carbocycles. The van der Waals surface area contributed by atoms with Gasteiger partial charge in [0.1, 0.15) is 17.2 Å². The van der Waals surface area contributed by atoms with E-state index in [9.17, 15) is 9.90 Å². The molecule has 7 heteroatoms. The lowest BCUT2D eigenvalue weighted by Gasteiger charge is -2.35. The Hall–Kier alpha value is -3.19. The third-order valence-corrected chi connectivity index (χ3v) is 6.26. The molecule has 0 aromatic heterocycles. The summed E-state index contributed by atoms with van der Waals surface area (Å²) in [4.78, 5) is 15.5. The summed E-state index contributed by atoms with van der Waals surface area (Å²) in [5, 5.41) is 10.6. The van der Waals surface area contributed by atoms with Gasteiger partial charge in [0.2, 0.25) is 5.78 Å². The number of rotatable bonds is 6. The predicted octanol–water partition coefficient (Wildman–Crippen LogP) is 4.51. The fraction of sp³-hybridized carbons (Fsp3) is 0.423. The second-order valence-electron chi connectivity index (χ2n) is 8.97. The minimum absolute atomic E-state index is 0.136. The van der Waals surface area contributed by atoms with Crippen LogP contribution >= 0.6 is 0 Å². The molecule has 2 aromatic rings. The summed E-state index contributed by atoms with van der Waals surface area (Å²) in [5.41, 5.74) is 1.71. The van der Waals surface area contributed by atoms with Crippen molar-refractivity contribution < 1.29 is 28.8 Å². The zero-order valence-electron chi connectivity index (χ0n) is 19.8. The first-order valence-electron chi connectivity index (χ1n) is 11.2. The maximum absolute atomic E-state index is 13.2. The van der Waals surface area contributed by atoms with Gasteiger partial charge in [-0.05, 0) is 42.5 Å². The molecule has 7 nitrogen and oxygen atoms in total. The number of likely N-dealkylation sites (tertiary alicyclic amines) is 1. The normalized spacial score (nSPS) is 21.6. The van der Waals surface area contributed by atoms with E-state index in [1.165, 1.54) is 6.42 Å². The van der Waals surface area contributed by atoms with Crippen molar-refractivity contribution in [3.05, 3.63) is 46.7 Å². The Balaban J connectivity index is 1.68. The highest BCUT2D eigenvalue weighted by molar-refractivity contribution is 6.15. The average molecular weight is 454 g/mol. The van der Waals surface area contributed by atoms with E-state index in [4.69, 9.17) is 18.9 Å². The summed E-state index contributed by atoms with van der Waals surface area (Å²) in [6.45, 7) is 6.93. The van der Waals surface area contributed by atoms with Gasteiger partial charge in [-0.3, -0.25) is 9.69 Å². The van der Waals surface area contributed by atoms with Crippen molar-refractivity contribution in [1.82, 2.24) is 4.90 Å². The molecular weight excluding hydrogens is 422 g/mol. The van der Waals surface area contributed by atoms with E-state index in [-0.39, 0.29) is 17.3 Å². The lowest BCUT2D eigenvalue weighted by Crippen LogP contribution is -2.38. The maximum Gasteiger partial charge on any atom is 0.231 e. The number of benzene rings is 2. The molecule has 0 unspecified atom stereocenters. The topological polar surface area (TPSA) is 77.5 Å². The zero-order valence-corrected chi connectivity index (χ0v) is 19.8. The van der Waals surface area contributed by atoms with Crippen molar-refractivity contribution in [2.24, 2.45) is 11.8 Å². The highest BCUT2D eigenvalue weighted by atomic mass is 16.5. The van der Waals surface area contributed by atoms with Gasteiger partial charge >= 0.3 is 0 Å². The molecule has 0 saturated carbocycles. The van der Waals surface area contributed by atoms with E-state index in [0.717, 1.165) is 13.1 Å². The van der Waals surface area contributed by atoms with Crippen LogP contribution in [0.15, 0.2) is 30.0 Å². The molecule has 0 aliphatic carbocycles. The first-order valence-corrected chi connectivity index (χ1v) is 11.2. The monoisotopic (exact) mass is 453 g/mol. The molecule has 1 fully saturated rings. The second-order valence-corrected chi connectivity index (χ2v) is 8.97. The first kappa shape index (κ1) is 23.0. The van der Waals surface area contributed by atoms with E-state index < -0.39 is 0 Å². The van der Waals surface area contributed by atoms with Gasteiger partial charge in [-0.15, -0.1) is 0 Å². The molecule has 176 valence electrons. The number of fused-ring (bicyclic) bond motifs is 1. The van der Waals surface area contributed by atoms with Crippen molar-refractivity contribution in [3.8, 4) is 28.7 Å². The van der Waals surface area contributed by atoms with E-state index in [0.29, 0.717) is 58.1 Å². The third kappa shape index (κ3) is 4.50. The molecule has 33 heavy (non-hydrogen) atoms. The molecule has 1 N–H and O–H groups in total. The standard InChI is InChI=1S/C26H31NO6/c1-15-8-16(2)13-27(12-15)14-19-20(28)7-6-18-25(29)24(33-26(18)19)10-17-9-22(31-4)23(32-5)11-21(17)30-3/h6-7,9-11,15-16,28H,8,12-14H2,1-5H3/b24-10-/t15-,16-/m0/s1. The van der Waals surface area contributed by atoms with Crippen LogP contribution in [0.3, 0.4) is 0 Å². The van der Waals surface area contributed by atoms with Crippen LogP contribution < -0.4 is 18.9 Å². The summed E-state index contributed by atoms with van der Waals surface area (Å²) >= 11 is 0. The number of methoxy groups -OCH3 is 3. The number of hydrogen-bond donors (Lipinski definition) is 1. The smallest absolute Gasteiger partial charge is 0.231 e. The van der Waals surface area contributed by atoms with E-state index in [1.54, 1.807) is 51.7 Å². The average Bonchev–Trinajstić information content (AvgIpc) is 3.10. The number of carbonyl (C=O) groups excluding carboxylic acids is 1. The Labute approximate surface area is 194 Å². The Bertz CT molecular complexity index is 1080. The van der Waals surface area contributed by atoms with Crippen LogP contribution in [0.2, 0.25) is 0 Å². The molecule has 2 aliphatic rings. The van der Waals surface area contributed by atoms with Crippen molar-refractivity contribution >= 4 is 11.9 Å². The van der Waals surface area contributed by atoms with Crippen molar-refractivity contribution in [3.63, 3.8) is 0 Å². The van der Waals surface area contributed by atoms with Crippen LogP contribution in [-0.2, 0) is 6.54 Å². The molecule has 0 amide bonds. The number of phenols is 1. The number of piperidine rings is 1. The van der Waals surface area contributed by atoms with Crippen LogP contribution in [0.25, 0.3) is 6.08 Å². The van der Waals surface area contributed by atoms with Crippen molar-refractivity contribution in [2.45, 2.75) is 26.8 Å². The van der Waals surface area contributed by atoms with Crippen LogP contribution in [0, 0.1) is 11.8 Å². The van der Waals surface area contributed by atoms with Gasteiger partial charge in [0, 0.05) is 31.3 Å². The minimum Gasteiger partial charge on any atom is -0.507 e. The van der Waals surface area contributed by atoms with Crippen molar-refractivity contribution in [2.75, 3.05) is 34.4 Å². The van der Waals surface area contributed by atoms with E-state index >= 15 is 0 Å². The lowest BCUT2D eigenvalue weighted by molar-refractivity contribution is 0.101. The van der Waals surface area contributed by atoms with E-state index in [1.807, 2.05) is 0 Å². The number of Topliss-reactive ketones (excluding diaryl/α,β-unsaturated/α-hetero) is 1. The molecule has 2 atom stereocenters. The molecule has 0 spiro atoms. The Morgan fingerprint density at radius 2 is 1.67 bits per heavy atom. The number of aromatic hydroxyl groups is 1. The Morgan fingerprint density at radius 3 is 2.30 bits per heavy atom. The van der Waals surface area contributed by atoms with Gasteiger partial charge in [0.25, 0.3) is 0 Å². The van der Waals surface area contributed by atoms with Gasteiger partial charge in [-0.1, -0.05) is 13.8 Å².